The first-order chi connectivity index (χ1) is 16.8. The van der Waals surface area contributed by atoms with Crippen LogP contribution in [-0.4, -0.2) is 85.1 Å². The number of pyridine rings is 1. The molecule has 1 aliphatic heterocycles. The van der Waals surface area contributed by atoms with Crippen molar-refractivity contribution in [3.63, 3.8) is 0 Å². The summed E-state index contributed by atoms with van der Waals surface area (Å²) >= 11 is 2.18. The van der Waals surface area contributed by atoms with E-state index < -0.39 is 30.4 Å². The van der Waals surface area contributed by atoms with Crippen LogP contribution in [0.3, 0.4) is 0 Å². The molecule has 0 spiro atoms. The van der Waals surface area contributed by atoms with Crippen LogP contribution in [0, 0.1) is 3.57 Å². The van der Waals surface area contributed by atoms with E-state index in [2.05, 4.69) is 58.1 Å². The van der Waals surface area contributed by atoms with E-state index in [9.17, 15) is 15.0 Å². The zero-order chi connectivity index (χ0) is 24.9. The number of ether oxygens (including phenoxy) is 1. The molecule has 1 amide bonds. The molecule has 0 unspecified atom stereocenters. The Kier molecular flexibility index (Phi) is 6.16. The second-order valence-corrected chi connectivity index (χ2v) is 9.24. The lowest BCUT2D eigenvalue weighted by Gasteiger charge is -2.16. The zero-order valence-corrected chi connectivity index (χ0v) is 21.0. The van der Waals surface area contributed by atoms with Crippen LogP contribution in [0.25, 0.3) is 22.4 Å². The van der Waals surface area contributed by atoms with E-state index >= 15 is 0 Å². The summed E-state index contributed by atoms with van der Waals surface area (Å²) in [6.45, 7) is 0.328. The molecule has 35 heavy (non-hydrogen) atoms. The van der Waals surface area contributed by atoms with Crippen molar-refractivity contribution in [2.24, 2.45) is 0 Å². The summed E-state index contributed by atoms with van der Waals surface area (Å²) < 4.78 is 13.7. The van der Waals surface area contributed by atoms with Gasteiger partial charge in [-0.3, -0.25) is 9.36 Å². The van der Waals surface area contributed by atoms with Crippen LogP contribution in [-0.2, 0) is 16.1 Å². The van der Waals surface area contributed by atoms with Gasteiger partial charge in [-0.2, -0.15) is 4.98 Å². The fraction of sp³-hybridized carbons (Fsp3) is 0.400. The number of halogens is 1. The maximum atomic E-state index is 12.0. The molecule has 15 heteroatoms. The highest BCUT2D eigenvalue weighted by atomic mass is 127. The third-order valence-corrected chi connectivity index (χ3v) is 6.35. The van der Waals surface area contributed by atoms with Crippen molar-refractivity contribution in [3.8, 4) is 0 Å². The number of aromatic nitrogens is 6. The van der Waals surface area contributed by atoms with E-state index in [1.807, 2.05) is 20.2 Å². The van der Waals surface area contributed by atoms with Crippen LogP contribution < -0.4 is 15.5 Å². The SMILES string of the molecule is CNC(=O)[C@H]1O[C@@H](n2cnc3c(NCc4cc(I)c5oc(N(C)C)nc5n4)ncnc32)[C@H](O)[C@@H]1O. The Morgan fingerprint density at radius 2 is 2.03 bits per heavy atom. The van der Waals surface area contributed by atoms with E-state index in [4.69, 9.17) is 9.15 Å². The summed E-state index contributed by atoms with van der Waals surface area (Å²) in [5.41, 5.74) is 2.63. The lowest BCUT2D eigenvalue weighted by Crippen LogP contribution is -2.41. The molecule has 5 heterocycles. The molecular formula is C20H22IN9O5. The third kappa shape index (κ3) is 4.13. The average molecular weight is 595 g/mol. The number of amides is 1. The number of aliphatic hydroxyl groups is 2. The number of imidazole rings is 1. The smallest absolute Gasteiger partial charge is 0.299 e. The first kappa shape index (κ1) is 23.6. The minimum atomic E-state index is -1.40. The van der Waals surface area contributed by atoms with Gasteiger partial charge in [-0.15, -0.1) is 0 Å². The molecule has 1 aliphatic rings. The number of nitrogens with one attached hydrogen (secondary N) is 2. The van der Waals surface area contributed by atoms with Gasteiger partial charge in [-0.25, -0.2) is 19.9 Å². The summed E-state index contributed by atoms with van der Waals surface area (Å²) in [5, 5.41) is 26.4. The molecule has 14 nitrogen and oxygen atoms in total. The largest absolute Gasteiger partial charge is 0.420 e. The third-order valence-electron chi connectivity index (χ3n) is 5.55. The van der Waals surface area contributed by atoms with Gasteiger partial charge in [-0.05, 0) is 28.7 Å². The summed E-state index contributed by atoms with van der Waals surface area (Å²) in [6, 6.07) is 2.36. The molecule has 0 saturated carbocycles. The number of nitrogens with zero attached hydrogens (tertiary/aromatic N) is 7. The minimum Gasteiger partial charge on any atom is -0.420 e. The van der Waals surface area contributed by atoms with Crippen molar-refractivity contribution in [2.45, 2.75) is 31.1 Å². The molecular weight excluding hydrogens is 573 g/mol. The Balaban J connectivity index is 1.40. The number of hydrogen-bond acceptors (Lipinski definition) is 12. The van der Waals surface area contributed by atoms with Gasteiger partial charge < -0.3 is 34.9 Å². The fourth-order valence-electron chi connectivity index (χ4n) is 3.78. The van der Waals surface area contributed by atoms with Crippen molar-refractivity contribution >= 4 is 62.7 Å². The first-order valence-electron chi connectivity index (χ1n) is 10.6. The number of oxazole rings is 1. The fourth-order valence-corrected chi connectivity index (χ4v) is 4.50. The molecule has 0 aromatic carbocycles. The summed E-state index contributed by atoms with van der Waals surface area (Å²) in [7, 11) is 5.11. The Labute approximate surface area is 211 Å². The molecule has 1 fully saturated rings. The Morgan fingerprint density at radius 3 is 2.77 bits per heavy atom. The van der Waals surface area contributed by atoms with Crippen molar-refractivity contribution in [1.29, 1.82) is 0 Å². The van der Waals surface area contributed by atoms with E-state index in [0.29, 0.717) is 40.8 Å². The average Bonchev–Trinajstić information content (AvgIpc) is 3.54. The maximum Gasteiger partial charge on any atom is 0.299 e. The van der Waals surface area contributed by atoms with Crippen LogP contribution in [0.1, 0.15) is 11.9 Å². The summed E-state index contributed by atoms with van der Waals surface area (Å²) in [4.78, 5) is 35.6. The second-order valence-electron chi connectivity index (χ2n) is 8.08. The van der Waals surface area contributed by atoms with Crippen molar-refractivity contribution in [3.05, 3.63) is 28.0 Å². The highest BCUT2D eigenvalue weighted by Crippen LogP contribution is 2.32. The van der Waals surface area contributed by atoms with Crippen LogP contribution in [0.15, 0.2) is 23.1 Å². The van der Waals surface area contributed by atoms with Gasteiger partial charge >= 0.3 is 0 Å². The second kappa shape index (κ2) is 9.14. The summed E-state index contributed by atoms with van der Waals surface area (Å²) in [6.07, 6.45) is -2.26. The zero-order valence-electron chi connectivity index (χ0n) is 18.9. The highest BCUT2D eigenvalue weighted by molar-refractivity contribution is 14.1. The molecule has 0 aliphatic carbocycles. The number of anilines is 2. The molecule has 4 aromatic rings. The van der Waals surface area contributed by atoms with Crippen LogP contribution in [0.5, 0.6) is 0 Å². The van der Waals surface area contributed by atoms with E-state index in [1.54, 1.807) is 4.90 Å². The Morgan fingerprint density at radius 1 is 1.23 bits per heavy atom. The van der Waals surface area contributed by atoms with Gasteiger partial charge in [0.15, 0.2) is 34.9 Å². The number of hydrogen-bond donors (Lipinski definition) is 4. The van der Waals surface area contributed by atoms with Crippen LogP contribution in [0.4, 0.5) is 11.8 Å². The predicted molar refractivity (Wildman–Crippen MR) is 131 cm³/mol. The van der Waals surface area contributed by atoms with E-state index in [-0.39, 0.29) is 0 Å². The number of likely N-dealkylation sites (N-methyl/N-ethyl adjacent to an activating group) is 1. The monoisotopic (exact) mass is 595 g/mol. The predicted octanol–water partition coefficient (Wildman–Crippen LogP) is 0.0104. The van der Waals surface area contributed by atoms with Gasteiger partial charge in [0.05, 0.1) is 22.1 Å². The molecule has 4 aromatic heterocycles. The minimum absolute atomic E-state index is 0.328. The number of rotatable bonds is 6. The molecule has 184 valence electrons. The molecule has 5 rings (SSSR count). The maximum absolute atomic E-state index is 12.0. The van der Waals surface area contributed by atoms with E-state index in [0.717, 1.165) is 9.26 Å². The molecule has 4 N–H and O–H groups in total. The van der Waals surface area contributed by atoms with E-state index in [1.165, 1.54) is 24.3 Å². The van der Waals surface area contributed by atoms with Gasteiger partial charge in [0.1, 0.15) is 18.5 Å². The standard InChI is InChI=1S/C20H22IN9O5/c1-22-18(33)14-11(31)12(32)19(34-14)30-7-26-10-15(24-6-25-17(10)30)23-5-8-4-9(21)13-16(27-8)28-20(35-13)29(2)3/h4,6-7,11-12,14,19,31-32H,5H2,1-3H3,(H,22,33)(H,23,24,25)/t11-,12+,14-,19+/m0/s1. The number of carbonyl (C=O) groups excluding carboxylic acids is 1. The molecule has 1 saturated heterocycles. The Hall–Kier alpha value is -3.15. The van der Waals surface area contributed by atoms with Gasteiger partial charge in [0, 0.05) is 21.1 Å². The van der Waals surface area contributed by atoms with Crippen molar-refractivity contribution in [1.82, 2.24) is 34.8 Å². The van der Waals surface area contributed by atoms with Gasteiger partial charge in [0.2, 0.25) is 5.65 Å². The molecule has 0 radical (unpaired) electrons. The van der Waals surface area contributed by atoms with Gasteiger partial charge in [-0.1, -0.05) is 0 Å². The number of fused-ring (bicyclic) bond motifs is 2. The van der Waals surface area contributed by atoms with Crippen LogP contribution in [0.2, 0.25) is 0 Å². The van der Waals surface area contributed by atoms with Crippen molar-refractivity contribution < 1.29 is 24.2 Å². The Bertz CT molecular complexity index is 1410. The van der Waals surface area contributed by atoms with Gasteiger partial charge in [0.25, 0.3) is 11.9 Å². The lowest BCUT2D eigenvalue weighted by molar-refractivity contribution is -0.137. The topological polar surface area (TPSA) is 177 Å². The quantitative estimate of drug-likeness (QED) is 0.220. The van der Waals surface area contributed by atoms with Crippen molar-refractivity contribution in [2.75, 3.05) is 31.4 Å². The van der Waals surface area contributed by atoms with Crippen LogP contribution >= 0.6 is 22.6 Å². The first-order valence-corrected chi connectivity index (χ1v) is 11.6. The molecule has 4 atom stereocenters. The number of aliphatic hydroxyl groups excluding tert-OH is 2. The highest BCUT2D eigenvalue weighted by Gasteiger charge is 2.47. The normalized spacial score (nSPS) is 22.1. The summed E-state index contributed by atoms with van der Waals surface area (Å²) in [5.74, 6) is -0.0972. The number of carbonyl (C=O) groups is 1. The molecule has 0 bridgehead atoms. The lowest BCUT2D eigenvalue weighted by atomic mass is 10.1.